The van der Waals surface area contributed by atoms with Gasteiger partial charge in [0.15, 0.2) is 0 Å². The lowest BCUT2D eigenvalue weighted by Crippen LogP contribution is -2.51. The fourth-order valence-corrected chi connectivity index (χ4v) is 3.55. The van der Waals surface area contributed by atoms with Crippen molar-refractivity contribution in [3.63, 3.8) is 0 Å². The van der Waals surface area contributed by atoms with Gasteiger partial charge in [-0.3, -0.25) is 4.79 Å². The van der Waals surface area contributed by atoms with Gasteiger partial charge in [-0.1, -0.05) is 20.8 Å². The standard InChI is InChI=1S/C15H29N3O/c1-4-17(5-2)13-7-10-18(11-8-13)15(19)14-12(3)6-9-16-14/h12-14,16H,4-11H2,1-3H3. The van der Waals surface area contributed by atoms with Crippen LogP contribution in [-0.4, -0.2) is 60.5 Å². The molecule has 2 saturated heterocycles. The van der Waals surface area contributed by atoms with Gasteiger partial charge in [-0.05, 0) is 44.8 Å². The Morgan fingerprint density at radius 3 is 2.32 bits per heavy atom. The normalized spacial score (nSPS) is 29.2. The third kappa shape index (κ3) is 3.29. The van der Waals surface area contributed by atoms with E-state index in [9.17, 15) is 4.79 Å². The van der Waals surface area contributed by atoms with Gasteiger partial charge >= 0.3 is 0 Å². The highest BCUT2D eigenvalue weighted by atomic mass is 16.2. The number of nitrogens with zero attached hydrogens (tertiary/aromatic N) is 2. The number of carbonyl (C=O) groups is 1. The van der Waals surface area contributed by atoms with E-state index in [2.05, 4.69) is 35.9 Å². The summed E-state index contributed by atoms with van der Waals surface area (Å²) in [4.78, 5) is 17.1. The van der Waals surface area contributed by atoms with Gasteiger partial charge in [0.2, 0.25) is 5.91 Å². The van der Waals surface area contributed by atoms with E-state index in [0.29, 0.717) is 17.9 Å². The first-order chi connectivity index (χ1) is 9.17. The quantitative estimate of drug-likeness (QED) is 0.834. The zero-order valence-electron chi connectivity index (χ0n) is 12.7. The molecule has 2 heterocycles. The Balaban J connectivity index is 1.84. The zero-order valence-corrected chi connectivity index (χ0v) is 12.7. The van der Waals surface area contributed by atoms with Gasteiger partial charge in [-0.15, -0.1) is 0 Å². The molecule has 2 rings (SSSR count). The number of likely N-dealkylation sites (tertiary alicyclic amines) is 1. The highest BCUT2D eigenvalue weighted by Gasteiger charge is 2.34. The molecule has 19 heavy (non-hydrogen) atoms. The SMILES string of the molecule is CCN(CC)C1CCN(C(=O)C2NCCC2C)CC1. The monoisotopic (exact) mass is 267 g/mol. The summed E-state index contributed by atoms with van der Waals surface area (Å²) >= 11 is 0. The van der Waals surface area contributed by atoms with E-state index in [1.807, 2.05) is 0 Å². The van der Waals surface area contributed by atoms with Gasteiger partial charge in [0, 0.05) is 19.1 Å². The molecule has 2 atom stereocenters. The molecule has 1 amide bonds. The summed E-state index contributed by atoms with van der Waals surface area (Å²) in [6.07, 6.45) is 3.40. The number of nitrogens with one attached hydrogen (secondary N) is 1. The van der Waals surface area contributed by atoms with E-state index >= 15 is 0 Å². The van der Waals surface area contributed by atoms with Crippen LogP contribution in [-0.2, 0) is 4.79 Å². The van der Waals surface area contributed by atoms with Gasteiger partial charge in [0.1, 0.15) is 0 Å². The Morgan fingerprint density at radius 1 is 1.21 bits per heavy atom. The number of carbonyl (C=O) groups excluding carboxylic acids is 1. The predicted octanol–water partition coefficient (Wildman–Crippen LogP) is 1.32. The molecule has 1 N–H and O–H groups in total. The average Bonchev–Trinajstić information content (AvgIpc) is 2.86. The van der Waals surface area contributed by atoms with Crippen molar-refractivity contribution in [2.45, 2.75) is 52.1 Å². The first-order valence-corrected chi connectivity index (χ1v) is 7.93. The van der Waals surface area contributed by atoms with Crippen molar-refractivity contribution in [3.8, 4) is 0 Å². The average molecular weight is 267 g/mol. The number of hydrogen-bond donors (Lipinski definition) is 1. The van der Waals surface area contributed by atoms with Crippen LogP contribution in [0.2, 0.25) is 0 Å². The lowest BCUT2D eigenvalue weighted by molar-refractivity contribution is -0.135. The maximum Gasteiger partial charge on any atom is 0.239 e. The minimum atomic E-state index is 0.0741. The smallest absolute Gasteiger partial charge is 0.239 e. The Labute approximate surface area is 117 Å². The second-order valence-corrected chi connectivity index (χ2v) is 5.98. The van der Waals surface area contributed by atoms with Crippen LogP contribution in [0.1, 0.15) is 40.0 Å². The highest BCUT2D eigenvalue weighted by molar-refractivity contribution is 5.82. The van der Waals surface area contributed by atoms with Crippen LogP contribution < -0.4 is 5.32 Å². The molecule has 0 aromatic heterocycles. The van der Waals surface area contributed by atoms with Crippen molar-refractivity contribution in [3.05, 3.63) is 0 Å². The van der Waals surface area contributed by atoms with Gasteiger partial charge in [0.05, 0.1) is 6.04 Å². The molecule has 0 aliphatic carbocycles. The third-order valence-corrected chi connectivity index (χ3v) is 4.90. The maximum atomic E-state index is 12.5. The molecule has 0 radical (unpaired) electrons. The molecule has 110 valence electrons. The summed E-state index contributed by atoms with van der Waals surface area (Å²) < 4.78 is 0. The molecular formula is C15H29N3O. The molecule has 2 aliphatic heterocycles. The predicted molar refractivity (Wildman–Crippen MR) is 78.1 cm³/mol. The number of amides is 1. The van der Waals surface area contributed by atoms with E-state index in [4.69, 9.17) is 0 Å². The third-order valence-electron chi connectivity index (χ3n) is 4.90. The van der Waals surface area contributed by atoms with Crippen LogP contribution in [0.15, 0.2) is 0 Å². The summed E-state index contributed by atoms with van der Waals surface area (Å²) in [6.45, 7) is 11.7. The second kappa shape index (κ2) is 6.71. The first-order valence-electron chi connectivity index (χ1n) is 7.93. The van der Waals surface area contributed by atoms with E-state index in [0.717, 1.165) is 52.0 Å². The Hall–Kier alpha value is -0.610. The summed E-state index contributed by atoms with van der Waals surface area (Å²) in [7, 11) is 0. The van der Waals surface area contributed by atoms with Crippen LogP contribution >= 0.6 is 0 Å². The van der Waals surface area contributed by atoms with Crippen molar-refractivity contribution < 1.29 is 4.79 Å². The number of piperidine rings is 1. The van der Waals surface area contributed by atoms with Crippen molar-refractivity contribution in [2.24, 2.45) is 5.92 Å². The van der Waals surface area contributed by atoms with Gasteiger partial charge in [0.25, 0.3) is 0 Å². The van der Waals surface area contributed by atoms with Crippen molar-refractivity contribution >= 4 is 5.91 Å². The van der Waals surface area contributed by atoms with Crippen molar-refractivity contribution in [2.75, 3.05) is 32.7 Å². The Morgan fingerprint density at radius 2 is 1.84 bits per heavy atom. The largest absolute Gasteiger partial charge is 0.341 e. The van der Waals surface area contributed by atoms with Gasteiger partial charge in [-0.25, -0.2) is 0 Å². The topological polar surface area (TPSA) is 35.6 Å². The summed E-state index contributed by atoms with van der Waals surface area (Å²) in [5.74, 6) is 0.830. The Kier molecular flexibility index (Phi) is 5.22. The van der Waals surface area contributed by atoms with Crippen LogP contribution in [0.25, 0.3) is 0 Å². The summed E-state index contributed by atoms with van der Waals surface area (Å²) in [6, 6.07) is 0.748. The Bertz CT molecular complexity index is 296. The van der Waals surface area contributed by atoms with Gasteiger partial charge in [-0.2, -0.15) is 0 Å². The van der Waals surface area contributed by atoms with E-state index < -0.39 is 0 Å². The molecule has 0 spiro atoms. The van der Waals surface area contributed by atoms with Gasteiger partial charge < -0.3 is 15.1 Å². The first kappa shape index (κ1) is 14.8. The van der Waals surface area contributed by atoms with E-state index in [-0.39, 0.29) is 6.04 Å². The second-order valence-electron chi connectivity index (χ2n) is 5.98. The lowest BCUT2D eigenvalue weighted by atomic mass is 9.99. The number of rotatable bonds is 4. The number of hydrogen-bond acceptors (Lipinski definition) is 3. The minimum Gasteiger partial charge on any atom is -0.341 e. The van der Waals surface area contributed by atoms with Crippen LogP contribution in [0.3, 0.4) is 0 Å². The molecule has 2 aliphatic rings. The molecule has 2 fully saturated rings. The molecule has 2 unspecified atom stereocenters. The molecular weight excluding hydrogens is 238 g/mol. The van der Waals surface area contributed by atoms with Crippen molar-refractivity contribution in [1.29, 1.82) is 0 Å². The fraction of sp³-hybridized carbons (Fsp3) is 0.933. The van der Waals surface area contributed by atoms with E-state index in [1.165, 1.54) is 0 Å². The van der Waals surface area contributed by atoms with Crippen LogP contribution in [0.4, 0.5) is 0 Å². The highest BCUT2D eigenvalue weighted by Crippen LogP contribution is 2.21. The fourth-order valence-electron chi connectivity index (χ4n) is 3.55. The molecule has 0 bridgehead atoms. The van der Waals surface area contributed by atoms with E-state index in [1.54, 1.807) is 0 Å². The molecule has 0 saturated carbocycles. The molecule has 0 aromatic rings. The molecule has 0 aromatic carbocycles. The molecule has 4 nitrogen and oxygen atoms in total. The minimum absolute atomic E-state index is 0.0741. The maximum absolute atomic E-state index is 12.5. The van der Waals surface area contributed by atoms with Crippen LogP contribution in [0, 0.1) is 5.92 Å². The summed E-state index contributed by atoms with van der Waals surface area (Å²) in [5, 5.41) is 3.36. The molecule has 4 heteroatoms. The lowest BCUT2D eigenvalue weighted by Gasteiger charge is -2.38. The summed E-state index contributed by atoms with van der Waals surface area (Å²) in [5.41, 5.74) is 0. The van der Waals surface area contributed by atoms with Crippen molar-refractivity contribution in [1.82, 2.24) is 15.1 Å². The van der Waals surface area contributed by atoms with Crippen LogP contribution in [0.5, 0.6) is 0 Å². The zero-order chi connectivity index (χ0) is 13.8.